The van der Waals surface area contributed by atoms with Gasteiger partial charge in [-0.15, -0.1) is 0 Å². The first-order valence-corrected chi connectivity index (χ1v) is 7.14. The zero-order chi connectivity index (χ0) is 16.6. The summed E-state index contributed by atoms with van der Waals surface area (Å²) in [5.74, 6) is 0.205. The van der Waals surface area contributed by atoms with Gasteiger partial charge in [-0.1, -0.05) is 13.0 Å². The Morgan fingerprint density at radius 3 is 2.52 bits per heavy atom. The van der Waals surface area contributed by atoms with E-state index in [1.165, 1.54) is 25.3 Å². The van der Waals surface area contributed by atoms with E-state index in [0.29, 0.717) is 22.5 Å². The van der Waals surface area contributed by atoms with Crippen molar-refractivity contribution in [2.75, 3.05) is 7.11 Å². The Hall–Kier alpha value is -2.95. The van der Waals surface area contributed by atoms with Crippen molar-refractivity contribution in [2.45, 2.75) is 12.8 Å². The number of phenols is 2. The van der Waals surface area contributed by atoms with Crippen molar-refractivity contribution in [1.82, 2.24) is 0 Å². The molecule has 118 valence electrons. The third kappa shape index (κ3) is 2.61. The lowest BCUT2D eigenvalue weighted by atomic mass is 9.90. The summed E-state index contributed by atoms with van der Waals surface area (Å²) in [6.45, 7) is 1.87. The Labute approximate surface area is 132 Å². The van der Waals surface area contributed by atoms with Gasteiger partial charge in [0.25, 0.3) is 0 Å². The molecule has 0 saturated carbocycles. The van der Waals surface area contributed by atoms with Crippen LogP contribution >= 0.6 is 0 Å². The van der Waals surface area contributed by atoms with Crippen LogP contribution in [-0.2, 0) is 0 Å². The monoisotopic (exact) mass is 312 g/mol. The van der Waals surface area contributed by atoms with E-state index in [-0.39, 0.29) is 17.4 Å². The summed E-state index contributed by atoms with van der Waals surface area (Å²) in [5, 5.41) is 20.3. The molecule has 0 aliphatic heterocycles. The van der Waals surface area contributed by atoms with E-state index in [2.05, 4.69) is 0 Å². The number of phenolic OH excluding ortho intramolecular Hbond substituents is 2. The van der Waals surface area contributed by atoms with Gasteiger partial charge in [0.1, 0.15) is 22.8 Å². The maximum atomic E-state index is 11.6. The van der Waals surface area contributed by atoms with Crippen LogP contribution in [0, 0.1) is 0 Å². The second kappa shape index (κ2) is 5.68. The Bertz CT molecular complexity index is 926. The van der Waals surface area contributed by atoms with Crippen LogP contribution in [0.3, 0.4) is 0 Å². The van der Waals surface area contributed by atoms with Crippen molar-refractivity contribution < 1.29 is 19.4 Å². The van der Waals surface area contributed by atoms with Crippen LogP contribution in [0.25, 0.3) is 11.0 Å². The molecule has 1 atom stereocenters. The van der Waals surface area contributed by atoms with Gasteiger partial charge < -0.3 is 19.4 Å². The SMILES string of the molecule is COc1ccc2ccc(=O)oc2c1C(C)c1ccc(O)cc1O. The second-order valence-corrected chi connectivity index (χ2v) is 5.32. The van der Waals surface area contributed by atoms with E-state index in [9.17, 15) is 15.0 Å². The highest BCUT2D eigenvalue weighted by molar-refractivity contribution is 5.83. The minimum absolute atomic E-state index is 0.0186. The topological polar surface area (TPSA) is 79.9 Å². The van der Waals surface area contributed by atoms with E-state index in [4.69, 9.17) is 9.15 Å². The van der Waals surface area contributed by atoms with Gasteiger partial charge in [0.2, 0.25) is 0 Å². The average molecular weight is 312 g/mol. The normalized spacial score (nSPS) is 12.3. The highest BCUT2D eigenvalue weighted by Gasteiger charge is 2.21. The van der Waals surface area contributed by atoms with Crippen LogP contribution in [0.4, 0.5) is 0 Å². The number of rotatable bonds is 3. The zero-order valence-electron chi connectivity index (χ0n) is 12.7. The molecule has 0 radical (unpaired) electrons. The van der Waals surface area contributed by atoms with Crippen LogP contribution in [0.5, 0.6) is 17.2 Å². The minimum atomic E-state index is -0.450. The number of hydrogen-bond acceptors (Lipinski definition) is 5. The fourth-order valence-corrected chi connectivity index (χ4v) is 2.78. The van der Waals surface area contributed by atoms with E-state index >= 15 is 0 Å². The van der Waals surface area contributed by atoms with Crippen LogP contribution in [0.15, 0.2) is 51.7 Å². The molecule has 1 unspecified atom stereocenters. The molecule has 1 heterocycles. The third-order valence-electron chi connectivity index (χ3n) is 3.92. The lowest BCUT2D eigenvalue weighted by Crippen LogP contribution is -2.04. The largest absolute Gasteiger partial charge is 0.508 e. The minimum Gasteiger partial charge on any atom is -0.508 e. The van der Waals surface area contributed by atoms with E-state index in [0.717, 1.165) is 5.39 Å². The fraction of sp³-hybridized carbons (Fsp3) is 0.167. The van der Waals surface area contributed by atoms with Gasteiger partial charge in [-0.05, 0) is 24.3 Å². The van der Waals surface area contributed by atoms with Crippen molar-refractivity contribution in [3.63, 3.8) is 0 Å². The van der Waals surface area contributed by atoms with Gasteiger partial charge in [0.15, 0.2) is 0 Å². The summed E-state index contributed by atoms with van der Waals surface area (Å²) in [5.41, 5.74) is 1.25. The van der Waals surface area contributed by atoms with Gasteiger partial charge in [-0.3, -0.25) is 0 Å². The first kappa shape index (κ1) is 15.0. The predicted octanol–water partition coefficient (Wildman–Crippen LogP) is 3.36. The quantitative estimate of drug-likeness (QED) is 0.725. The number of hydrogen-bond donors (Lipinski definition) is 2. The lowest BCUT2D eigenvalue weighted by Gasteiger charge is -2.18. The van der Waals surface area contributed by atoms with Gasteiger partial charge in [-0.25, -0.2) is 4.79 Å². The number of methoxy groups -OCH3 is 1. The number of benzene rings is 2. The van der Waals surface area contributed by atoms with Crippen LogP contribution in [-0.4, -0.2) is 17.3 Å². The molecule has 0 spiro atoms. The number of aromatic hydroxyl groups is 2. The lowest BCUT2D eigenvalue weighted by molar-refractivity contribution is 0.406. The summed E-state index contributed by atoms with van der Waals surface area (Å²) in [6, 6.07) is 11.1. The molecule has 0 aliphatic rings. The molecule has 0 saturated heterocycles. The maximum absolute atomic E-state index is 11.6. The molecule has 0 aliphatic carbocycles. The molecule has 0 amide bonds. The second-order valence-electron chi connectivity index (χ2n) is 5.32. The molecule has 0 fully saturated rings. The van der Waals surface area contributed by atoms with Crippen molar-refractivity contribution >= 4 is 11.0 Å². The first-order chi connectivity index (χ1) is 11.0. The highest BCUT2D eigenvalue weighted by Crippen LogP contribution is 2.40. The molecule has 5 nitrogen and oxygen atoms in total. The molecule has 5 heteroatoms. The summed E-state index contributed by atoms with van der Waals surface area (Å²) >= 11 is 0. The molecular formula is C18H16O5. The molecule has 2 N–H and O–H groups in total. The Balaban J connectivity index is 2.28. The van der Waals surface area contributed by atoms with Crippen molar-refractivity contribution in [3.05, 3.63) is 64.0 Å². The first-order valence-electron chi connectivity index (χ1n) is 7.14. The van der Waals surface area contributed by atoms with Crippen molar-refractivity contribution in [1.29, 1.82) is 0 Å². The third-order valence-corrected chi connectivity index (χ3v) is 3.92. The van der Waals surface area contributed by atoms with Crippen LogP contribution in [0.1, 0.15) is 24.0 Å². The maximum Gasteiger partial charge on any atom is 0.336 e. The molecule has 3 rings (SSSR count). The Morgan fingerprint density at radius 2 is 1.83 bits per heavy atom. The van der Waals surface area contributed by atoms with Gasteiger partial charge in [-0.2, -0.15) is 0 Å². The van der Waals surface area contributed by atoms with Crippen LogP contribution in [0.2, 0.25) is 0 Å². The zero-order valence-corrected chi connectivity index (χ0v) is 12.7. The molecule has 1 aromatic heterocycles. The smallest absolute Gasteiger partial charge is 0.336 e. The van der Waals surface area contributed by atoms with Crippen LogP contribution < -0.4 is 10.4 Å². The van der Waals surface area contributed by atoms with Gasteiger partial charge in [0, 0.05) is 34.6 Å². The number of fused-ring (bicyclic) bond motifs is 1. The average Bonchev–Trinajstić information content (AvgIpc) is 2.53. The predicted molar refractivity (Wildman–Crippen MR) is 86.3 cm³/mol. The molecule has 3 aromatic rings. The summed E-state index contributed by atoms with van der Waals surface area (Å²) < 4.78 is 10.8. The van der Waals surface area contributed by atoms with E-state index in [1.54, 1.807) is 18.2 Å². The van der Waals surface area contributed by atoms with Crippen molar-refractivity contribution in [3.8, 4) is 17.2 Å². The number of ether oxygens (including phenoxy) is 1. The van der Waals surface area contributed by atoms with E-state index in [1.807, 2.05) is 13.0 Å². The van der Waals surface area contributed by atoms with E-state index < -0.39 is 5.63 Å². The van der Waals surface area contributed by atoms with Crippen molar-refractivity contribution in [2.24, 2.45) is 0 Å². The van der Waals surface area contributed by atoms with Gasteiger partial charge >= 0.3 is 5.63 Å². The molecular weight excluding hydrogens is 296 g/mol. The Kier molecular flexibility index (Phi) is 3.70. The Morgan fingerprint density at radius 1 is 1.09 bits per heavy atom. The summed E-state index contributed by atoms with van der Waals surface area (Å²) in [7, 11) is 1.54. The fourth-order valence-electron chi connectivity index (χ4n) is 2.78. The highest BCUT2D eigenvalue weighted by atomic mass is 16.5. The molecule has 0 bridgehead atoms. The molecule has 2 aromatic carbocycles. The summed E-state index contributed by atoms with van der Waals surface area (Å²) in [6.07, 6.45) is 0. The molecule has 23 heavy (non-hydrogen) atoms. The van der Waals surface area contributed by atoms with Gasteiger partial charge in [0.05, 0.1) is 7.11 Å². The summed E-state index contributed by atoms with van der Waals surface area (Å²) in [4.78, 5) is 11.6. The standard InChI is InChI=1S/C18H16O5/c1-10(13-6-5-12(19)9-14(13)20)17-15(22-2)7-3-11-4-8-16(21)23-18(11)17/h3-10,19-20H,1-2H3.